The molecule has 1 aromatic heterocycles. The summed E-state index contributed by atoms with van der Waals surface area (Å²) >= 11 is 0. The standard InChI is InChI=1S/C9H15N3/c1-2-12-7-11-8-3-5-10-6-4-9(8)12/h7,10H,2-6H2,1H3. The average molecular weight is 165 g/mol. The van der Waals surface area contributed by atoms with Crippen molar-refractivity contribution in [2.75, 3.05) is 13.1 Å². The number of rotatable bonds is 1. The van der Waals surface area contributed by atoms with Gasteiger partial charge in [-0.2, -0.15) is 0 Å². The molecule has 1 aromatic rings. The van der Waals surface area contributed by atoms with E-state index in [1.807, 2.05) is 6.33 Å². The molecular formula is C9H15N3. The molecule has 3 heteroatoms. The molecule has 1 aliphatic heterocycles. The molecule has 0 aliphatic carbocycles. The molecule has 1 aliphatic rings. The predicted octanol–water partition coefficient (Wildman–Crippen LogP) is 0.591. The van der Waals surface area contributed by atoms with Crippen LogP contribution in [0, 0.1) is 0 Å². The molecule has 0 spiro atoms. The van der Waals surface area contributed by atoms with Crippen LogP contribution in [0.5, 0.6) is 0 Å². The maximum absolute atomic E-state index is 4.41. The molecule has 0 fully saturated rings. The first-order valence-corrected chi connectivity index (χ1v) is 4.65. The number of aryl methyl sites for hydroxylation is 1. The highest BCUT2D eigenvalue weighted by atomic mass is 15.1. The van der Waals surface area contributed by atoms with E-state index in [0.29, 0.717) is 0 Å². The largest absolute Gasteiger partial charge is 0.335 e. The predicted molar refractivity (Wildman–Crippen MR) is 48.2 cm³/mol. The van der Waals surface area contributed by atoms with Gasteiger partial charge in [-0.05, 0) is 6.92 Å². The van der Waals surface area contributed by atoms with E-state index in [1.54, 1.807) is 0 Å². The second kappa shape index (κ2) is 3.27. The van der Waals surface area contributed by atoms with E-state index in [-0.39, 0.29) is 0 Å². The molecule has 0 saturated carbocycles. The Hall–Kier alpha value is -0.830. The Balaban J connectivity index is 2.32. The van der Waals surface area contributed by atoms with E-state index >= 15 is 0 Å². The summed E-state index contributed by atoms with van der Waals surface area (Å²) in [5.41, 5.74) is 2.73. The van der Waals surface area contributed by atoms with E-state index in [1.165, 1.54) is 11.4 Å². The first-order chi connectivity index (χ1) is 5.92. The Labute approximate surface area is 72.8 Å². The molecule has 0 bridgehead atoms. The van der Waals surface area contributed by atoms with Crippen molar-refractivity contribution in [3.63, 3.8) is 0 Å². The van der Waals surface area contributed by atoms with Crippen molar-refractivity contribution >= 4 is 0 Å². The number of imidazole rings is 1. The fraction of sp³-hybridized carbons (Fsp3) is 0.667. The molecule has 12 heavy (non-hydrogen) atoms. The fourth-order valence-electron chi connectivity index (χ4n) is 1.76. The first-order valence-electron chi connectivity index (χ1n) is 4.65. The van der Waals surface area contributed by atoms with E-state index in [4.69, 9.17) is 0 Å². The van der Waals surface area contributed by atoms with Crippen LogP contribution in [0.1, 0.15) is 18.3 Å². The zero-order valence-corrected chi connectivity index (χ0v) is 7.51. The van der Waals surface area contributed by atoms with E-state index in [2.05, 4.69) is 21.8 Å². The number of hydrogen-bond donors (Lipinski definition) is 1. The highest BCUT2D eigenvalue weighted by Gasteiger charge is 2.11. The molecule has 0 atom stereocenters. The quantitative estimate of drug-likeness (QED) is 0.660. The molecule has 66 valence electrons. The minimum atomic E-state index is 1.04. The lowest BCUT2D eigenvalue weighted by Gasteiger charge is -2.03. The van der Waals surface area contributed by atoms with E-state index < -0.39 is 0 Å². The second-order valence-corrected chi connectivity index (χ2v) is 3.17. The van der Waals surface area contributed by atoms with Crippen molar-refractivity contribution in [1.29, 1.82) is 0 Å². The van der Waals surface area contributed by atoms with Gasteiger partial charge in [0.05, 0.1) is 12.0 Å². The zero-order chi connectivity index (χ0) is 8.39. The molecule has 2 rings (SSSR count). The summed E-state index contributed by atoms with van der Waals surface area (Å²) < 4.78 is 2.25. The molecule has 0 aromatic carbocycles. The smallest absolute Gasteiger partial charge is 0.0951 e. The van der Waals surface area contributed by atoms with Crippen LogP contribution in [-0.4, -0.2) is 22.6 Å². The first kappa shape index (κ1) is 7.80. The van der Waals surface area contributed by atoms with Crippen LogP contribution in [-0.2, 0) is 19.4 Å². The van der Waals surface area contributed by atoms with Gasteiger partial charge in [0.15, 0.2) is 0 Å². The Morgan fingerprint density at radius 1 is 1.50 bits per heavy atom. The van der Waals surface area contributed by atoms with Crippen LogP contribution >= 0.6 is 0 Å². The Morgan fingerprint density at radius 2 is 2.33 bits per heavy atom. The summed E-state index contributed by atoms with van der Waals surface area (Å²) in [6.07, 6.45) is 4.18. The summed E-state index contributed by atoms with van der Waals surface area (Å²) in [5, 5.41) is 3.38. The third-order valence-electron chi connectivity index (χ3n) is 2.45. The van der Waals surface area contributed by atoms with Gasteiger partial charge in [-0.3, -0.25) is 0 Å². The van der Waals surface area contributed by atoms with Gasteiger partial charge in [0.25, 0.3) is 0 Å². The summed E-state index contributed by atoms with van der Waals surface area (Å²) in [7, 11) is 0. The van der Waals surface area contributed by atoms with Crippen molar-refractivity contribution in [3.05, 3.63) is 17.7 Å². The number of hydrogen-bond acceptors (Lipinski definition) is 2. The van der Waals surface area contributed by atoms with Crippen LogP contribution in [0.3, 0.4) is 0 Å². The van der Waals surface area contributed by atoms with Crippen LogP contribution in [0.2, 0.25) is 0 Å². The Morgan fingerprint density at radius 3 is 3.17 bits per heavy atom. The molecule has 1 N–H and O–H groups in total. The van der Waals surface area contributed by atoms with Gasteiger partial charge in [0, 0.05) is 38.2 Å². The zero-order valence-electron chi connectivity index (χ0n) is 7.51. The highest BCUT2D eigenvalue weighted by Crippen LogP contribution is 2.10. The second-order valence-electron chi connectivity index (χ2n) is 3.17. The third-order valence-corrected chi connectivity index (χ3v) is 2.45. The van der Waals surface area contributed by atoms with Crippen LogP contribution in [0.25, 0.3) is 0 Å². The number of aromatic nitrogens is 2. The summed E-state index contributed by atoms with van der Waals surface area (Å²) in [4.78, 5) is 4.41. The summed E-state index contributed by atoms with van der Waals surface area (Å²) in [5.74, 6) is 0. The van der Waals surface area contributed by atoms with Gasteiger partial charge >= 0.3 is 0 Å². The maximum atomic E-state index is 4.41. The third kappa shape index (κ3) is 1.25. The fourth-order valence-corrected chi connectivity index (χ4v) is 1.76. The molecule has 0 unspecified atom stereocenters. The SMILES string of the molecule is CCn1cnc2c1CCNCC2. The maximum Gasteiger partial charge on any atom is 0.0951 e. The van der Waals surface area contributed by atoms with E-state index in [9.17, 15) is 0 Å². The monoisotopic (exact) mass is 165 g/mol. The normalized spacial score (nSPS) is 17.1. The minimum absolute atomic E-state index is 1.04. The Bertz CT molecular complexity index is 265. The van der Waals surface area contributed by atoms with Crippen molar-refractivity contribution in [1.82, 2.24) is 14.9 Å². The lowest BCUT2D eigenvalue weighted by Crippen LogP contribution is -2.17. The van der Waals surface area contributed by atoms with Gasteiger partial charge < -0.3 is 9.88 Å². The molecule has 2 heterocycles. The van der Waals surface area contributed by atoms with Crippen LogP contribution in [0.4, 0.5) is 0 Å². The molecule has 0 amide bonds. The van der Waals surface area contributed by atoms with Crippen molar-refractivity contribution in [3.8, 4) is 0 Å². The molecule has 3 nitrogen and oxygen atoms in total. The molecule has 0 saturated heterocycles. The van der Waals surface area contributed by atoms with Crippen molar-refractivity contribution < 1.29 is 0 Å². The molecule has 0 radical (unpaired) electrons. The lowest BCUT2D eigenvalue weighted by molar-refractivity contribution is 0.668. The van der Waals surface area contributed by atoms with Crippen LogP contribution in [0.15, 0.2) is 6.33 Å². The van der Waals surface area contributed by atoms with Gasteiger partial charge in [0.1, 0.15) is 0 Å². The van der Waals surface area contributed by atoms with Gasteiger partial charge in [0.2, 0.25) is 0 Å². The van der Waals surface area contributed by atoms with Gasteiger partial charge in [-0.25, -0.2) is 4.98 Å². The summed E-state index contributed by atoms with van der Waals surface area (Å²) in [6, 6.07) is 0. The minimum Gasteiger partial charge on any atom is -0.335 e. The van der Waals surface area contributed by atoms with Crippen molar-refractivity contribution in [2.24, 2.45) is 0 Å². The topological polar surface area (TPSA) is 29.9 Å². The highest BCUT2D eigenvalue weighted by molar-refractivity contribution is 5.15. The summed E-state index contributed by atoms with van der Waals surface area (Å²) in [6.45, 7) is 5.38. The van der Waals surface area contributed by atoms with E-state index in [0.717, 1.165) is 32.5 Å². The number of nitrogens with one attached hydrogen (secondary N) is 1. The Kier molecular flexibility index (Phi) is 2.13. The number of nitrogens with zero attached hydrogens (tertiary/aromatic N) is 2. The van der Waals surface area contributed by atoms with Gasteiger partial charge in [-0.15, -0.1) is 0 Å². The molecular weight excluding hydrogens is 150 g/mol. The average Bonchev–Trinajstić information content (AvgIpc) is 2.33. The van der Waals surface area contributed by atoms with Gasteiger partial charge in [-0.1, -0.05) is 0 Å². The van der Waals surface area contributed by atoms with Crippen molar-refractivity contribution in [2.45, 2.75) is 26.3 Å². The van der Waals surface area contributed by atoms with Crippen LogP contribution < -0.4 is 5.32 Å². The number of fused-ring (bicyclic) bond motifs is 1. The lowest BCUT2D eigenvalue weighted by atomic mass is 10.2.